The Morgan fingerprint density at radius 1 is 2.00 bits per heavy atom. The van der Waals surface area contributed by atoms with Crippen molar-refractivity contribution in [2.24, 2.45) is 5.73 Å². The minimum atomic E-state index is -1.68. The summed E-state index contributed by atoms with van der Waals surface area (Å²) in [5, 5.41) is 7.92. The zero-order valence-corrected chi connectivity index (χ0v) is 3.60. The molecule has 0 saturated carbocycles. The number of carbonyl (C=O) groups is 1. The Morgan fingerprint density at radius 3 is 2.43 bits per heavy atom. The van der Waals surface area contributed by atoms with E-state index in [2.05, 4.69) is 5.73 Å². The van der Waals surface area contributed by atoms with E-state index in [9.17, 15) is 9.18 Å². The molecular formula is C3H6FNO2. The van der Waals surface area contributed by atoms with Crippen LogP contribution in [-0.4, -0.2) is 23.8 Å². The summed E-state index contributed by atoms with van der Waals surface area (Å²) in [4.78, 5) is 9.42. The van der Waals surface area contributed by atoms with Gasteiger partial charge in [0.05, 0.1) is 6.61 Å². The molecule has 0 aromatic carbocycles. The fourth-order valence-electron chi connectivity index (χ4n) is 0.0718. The third-order valence-corrected chi connectivity index (χ3v) is 0.488. The highest BCUT2D eigenvalue weighted by atomic mass is 19.1. The maximum atomic E-state index is 11.2. The topological polar surface area (TPSA) is 63.3 Å². The minimum Gasteiger partial charge on any atom is -0.394 e. The van der Waals surface area contributed by atoms with Crippen molar-refractivity contribution >= 4 is 6.04 Å². The Labute approximate surface area is 39.9 Å². The molecule has 0 fully saturated rings. The summed E-state index contributed by atoms with van der Waals surface area (Å²) in [7, 11) is 0. The highest BCUT2D eigenvalue weighted by molar-refractivity contribution is 5.74. The van der Waals surface area contributed by atoms with Gasteiger partial charge >= 0.3 is 6.04 Å². The number of aliphatic hydroxyl groups excluding tert-OH is 1. The number of hydrogen-bond donors (Lipinski definition) is 2. The van der Waals surface area contributed by atoms with Crippen molar-refractivity contribution < 1.29 is 14.3 Å². The summed E-state index contributed by atoms with van der Waals surface area (Å²) in [5.74, 6) is 0. The molecule has 4 heteroatoms. The maximum Gasteiger partial charge on any atom is 0.320 e. The molecule has 0 heterocycles. The van der Waals surface area contributed by atoms with Gasteiger partial charge < -0.3 is 10.8 Å². The number of carbonyl (C=O) groups excluding carboxylic acids is 1. The number of nitrogens with two attached hydrogens (primary N) is 1. The van der Waals surface area contributed by atoms with Gasteiger partial charge in [-0.05, 0) is 0 Å². The van der Waals surface area contributed by atoms with E-state index in [1.807, 2.05) is 0 Å². The lowest BCUT2D eigenvalue weighted by atomic mass is 10.4. The molecule has 1 atom stereocenters. The van der Waals surface area contributed by atoms with Crippen molar-refractivity contribution in [3.63, 3.8) is 0 Å². The zero-order chi connectivity index (χ0) is 5.86. The fraction of sp³-hybridized carbons (Fsp3) is 0.667. The second-order valence-electron chi connectivity index (χ2n) is 1.09. The van der Waals surface area contributed by atoms with Gasteiger partial charge in [-0.3, -0.25) is 4.79 Å². The molecule has 0 aromatic heterocycles. The van der Waals surface area contributed by atoms with Crippen molar-refractivity contribution in [2.45, 2.75) is 6.04 Å². The average molecular weight is 107 g/mol. The third-order valence-electron chi connectivity index (χ3n) is 0.488. The molecule has 0 bridgehead atoms. The first-order valence-electron chi connectivity index (χ1n) is 1.74. The molecule has 0 unspecified atom stereocenters. The summed E-state index contributed by atoms with van der Waals surface area (Å²) in [6.07, 6.45) is 0. The largest absolute Gasteiger partial charge is 0.394 e. The van der Waals surface area contributed by atoms with Crippen LogP contribution in [0.5, 0.6) is 0 Å². The van der Waals surface area contributed by atoms with Crippen LogP contribution in [-0.2, 0) is 4.79 Å². The standard InChI is InChI=1S/C3H6FNO2/c4-3(7)2(5)1-6/h2,6H,1,5H2/t2-/m1/s1. The number of halogens is 1. The van der Waals surface area contributed by atoms with Gasteiger partial charge in [-0.2, -0.15) is 4.39 Å². The van der Waals surface area contributed by atoms with Crippen LogP contribution in [0.3, 0.4) is 0 Å². The lowest BCUT2D eigenvalue weighted by Crippen LogP contribution is -2.30. The van der Waals surface area contributed by atoms with Crippen molar-refractivity contribution in [3.8, 4) is 0 Å². The third kappa shape index (κ3) is 2.24. The second-order valence-corrected chi connectivity index (χ2v) is 1.09. The molecule has 3 N–H and O–H groups in total. The van der Waals surface area contributed by atoms with Gasteiger partial charge in [0.1, 0.15) is 6.04 Å². The van der Waals surface area contributed by atoms with E-state index < -0.39 is 18.7 Å². The lowest BCUT2D eigenvalue weighted by molar-refractivity contribution is -0.131. The van der Waals surface area contributed by atoms with Crippen molar-refractivity contribution in [3.05, 3.63) is 0 Å². The van der Waals surface area contributed by atoms with Crippen LogP contribution in [0.4, 0.5) is 4.39 Å². The van der Waals surface area contributed by atoms with Gasteiger partial charge in [-0.15, -0.1) is 0 Å². The van der Waals surface area contributed by atoms with Gasteiger partial charge in [0.25, 0.3) is 0 Å². The Bertz CT molecular complexity index is 75.3. The fourth-order valence-corrected chi connectivity index (χ4v) is 0.0718. The van der Waals surface area contributed by atoms with Gasteiger partial charge in [-0.1, -0.05) is 0 Å². The number of hydrogen-bond acceptors (Lipinski definition) is 3. The van der Waals surface area contributed by atoms with E-state index in [0.29, 0.717) is 0 Å². The van der Waals surface area contributed by atoms with E-state index in [0.717, 1.165) is 0 Å². The lowest BCUT2D eigenvalue weighted by Gasteiger charge is -1.94. The van der Waals surface area contributed by atoms with Crippen LogP contribution in [0.1, 0.15) is 0 Å². The molecule has 42 valence electrons. The van der Waals surface area contributed by atoms with E-state index in [1.165, 1.54) is 0 Å². The average Bonchev–Trinajstić information content (AvgIpc) is 1.65. The predicted octanol–water partition coefficient (Wildman–Crippen LogP) is -1.20. The first kappa shape index (κ1) is 6.52. The highest BCUT2D eigenvalue weighted by Gasteiger charge is 2.08. The van der Waals surface area contributed by atoms with Crippen LogP contribution in [0, 0.1) is 0 Å². The van der Waals surface area contributed by atoms with Crippen LogP contribution in [0.15, 0.2) is 0 Å². The summed E-state index contributed by atoms with van der Waals surface area (Å²) in [6, 6.07) is -3.03. The molecule has 0 saturated heterocycles. The molecular weight excluding hydrogens is 101 g/mol. The first-order valence-corrected chi connectivity index (χ1v) is 1.74. The molecule has 0 aliphatic carbocycles. The summed E-state index contributed by atoms with van der Waals surface area (Å²) in [6.45, 7) is -0.630. The predicted molar refractivity (Wildman–Crippen MR) is 21.2 cm³/mol. The van der Waals surface area contributed by atoms with Crippen molar-refractivity contribution in [2.75, 3.05) is 6.61 Å². The zero-order valence-electron chi connectivity index (χ0n) is 3.60. The number of rotatable bonds is 2. The molecule has 3 nitrogen and oxygen atoms in total. The minimum absolute atomic E-state index is 0.630. The van der Waals surface area contributed by atoms with Crippen LogP contribution < -0.4 is 5.73 Å². The van der Waals surface area contributed by atoms with E-state index in [-0.39, 0.29) is 0 Å². The molecule has 0 rings (SSSR count). The van der Waals surface area contributed by atoms with Gasteiger partial charge in [0.15, 0.2) is 0 Å². The highest BCUT2D eigenvalue weighted by Crippen LogP contribution is 1.78. The monoisotopic (exact) mass is 107 g/mol. The Kier molecular flexibility index (Phi) is 2.47. The van der Waals surface area contributed by atoms with Crippen LogP contribution in [0.2, 0.25) is 0 Å². The SMILES string of the molecule is N[C@H](CO)C(=O)F. The number of aliphatic hydroxyl groups is 1. The van der Waals surface area contributed by atoms with E-state index >= 15 is 0 Å². The van der Waals surface area contributed by atoms with Crippen molar-refractivity contribution in [1.82, 2.24) is 0 Å². The smallest absolute Gasteiger partial charge is 0.320 e. The molecule has 0 aliphatic heterocycles. The van der Waals surface area contributed by atoms with Crippen molar-refractivity contribution in [1.29, 1.82) is 0 Å². The molecule has 0 aromatic rings. The molecule has 7 heavy (non-hydrogen) atoms. The maximum absolute atomic E-state index is 11.2. The molecule has 0 amide bonds. The van der Waals surface area contributed by atoms with Crippen LogP contribution >= 0.6 is 0 Å². The van der Waals surface area contributed by atoms with Gasteiger partial charge in [0, 0.05) is 0 Å². The van der Waals surface area contributed by atoms with Gasteiger partial charge in [0.2, 0.25) is 0 Å². The van der Waals surface area contributed by atoms with E-state index in [1.54, 1.807) is 0 Å². The summed E-state index contributed by atoms with van der Waals surface area (Å²) in [5.41, 5.74) is 4.64. The quantitative estimate of drug-likeness (QED) is 0.436. The van der Waals surface area contributed by atoms with Crippen LogP contribution in [0.25, 0.3) is 0 Å². The van der Waals surface area contributed by atoms with Gasteiger partial charge in [-0.25, -0.2) is 0 Å². The Morgan fingerprint density at radius 2 is 2.43 bits per heavy atom. The summed E-state index contributed by atoms with van der Waals surface area (Å²) >= 11 is 0. The summed E-state index contributed by atoms with van der Waals surface area (Å²) < 4.78 is 11.2. The van der Waals surface area contributed by atoms with E-state index in [4.69, 9.17) is 5.11 Å². The first-order chi connectivity index (χ1) is 3.18. The second kappa shape index (κ2) is 2.65. The molecule has 0 radical (unpaired) electrons. The normalized spacial score (nSPS) is 13.6. The molecule has 0 spiro atoms. The Hall–Kier alpha value is -0.480. The molecule has 0 aliphatic rings. The Balaban J connectivity index is 3.34.